The molecule has 2 saturated heterocycles. The van der Waals surface area contributed by atoms with Crippen LogP contribution in [-0.2, 0) is 9.53 Å². The van der Waals surface area contributed by atoms with E-state index in [4.69, 9.17) is 4.74 Å². The van der Waals surface area contributed by atoms with Crippen molar-refractivity contribution in [3.8, 4) is 11.8 Å². The average Bonchev–Trinajstić information content (AvgIpc) is 3.05. The molecular formula is C21H28N2O2. The quantitative estimate of drug-likeness (QED) is 0.584. The lowest BCUT2D eigenvalue weighted by Crippen LogP contribution is -2.49. The molecule has 134 valence electrons. The second-order valence-corrected chi connectivity index (χ2v) is 7.93. The van der Waals surface area contributed by atoms with Crippen LogP contribution in [0.5, 0.6) is 0 Å². The third-order valence-electron chi connectivity index (χ3n) is 6.48. The van der Waals surface area contributed by atoms with Crippen LogP contribution in [0.15, 0.2) is 23.3 Å². The third-order valence-corrected chi connectivity index (χ3v) is 6.48. The summed E-state index contributed by atoms with van der Waals surface area (Å²) >= 11 is 0. The molecule has 3 atom stereocenters. The molecule has 4 heteroatoms. The number of ether oxygens (including phenoxy) is 1. The molecule has 0 unspecified atom stereocenters. The van der Waals surface area contributed by atoms with Crippen LogP contribution in [0.4, 0.5) is 0 Å². The van der Waals surface area contributed by atoms with Crippen molar-refractivity contribution in [3.63, 3.8) is 0 Å². The van der Waals surface area contributed by atoms with Crippen molar-refractivity contribution in [2.24, 2.45) is 0 Å². The topological polar surface area (TPSA) is 32.8 Å². The number of esters is 1. The van der Waals surface area contributed by atoms with E-state index in [0.29, 0.717) is 6.04 Å². The SMILES string of the molecule is CCN(CC)CC#CC1=C[C@]2(C)C[C@@]3(OC(=O)C=C13)[C@H]1CCCCN12. The Hall–Kier alpha value is -1.57. The van der Waals surface area contributed by atoms with Gasteiger partial charge < -0.3 is 4.74 Å². The fraction of sp³-hybridized carbons (Fsp3) is 0.667. The van der Waals surface area contributed by atoms with Gasteiger partial charge in [0.05, 0.1) is 12.6 Å². The van der Waals surface area contributed by atoms with Gasteiger partial charge in [-0.3, -0.25) is 9.80 Å². The number of fused-ring (bicyclic) bond motifs is 3. The summed E-state index contributed by atoms with van der Waals surface area (Å²) in [6.45, 7) is 10.5. The predicted octanol–water partition coefficient (Wildman–Crippen LogP) is 2.51. The number of carbonyl (C=O) groups excluding carboxylic acids is 1. The lowest BCUT2D eigenvalue weighted by molar-refractivity contribution is -0.148. The number of nitrogens with zero attached hydrogens (tertiary/aromatic N) is 2. The monoisotopic (exact) mass is 340 g/mol. The summed E-state index contributed by atoms with van der Waals surface area (Å²) in [7, 11) is 0. The summed E-state index contributed by atoms with van der Waals surface area (Å²) in [6.07, 6.45) is 8.44. The first kappa shape index (κ1) is 16.9. The Balaban J connectivity index is 1.71. The van der Waals surface area contributed by atoms with E-state index in [1.54, 1.807) is 6.08 Å². The van der Waals surface area contributed by atoms with Gasteiger partial charge in [0.25, 0.3) is 0 Å². The molecule has 0 saturated carbocycles. The molecule has 1 aliphatic carbocycles. The zero-order valence-corrected chi connectivity index (χ0v) is 15.6. The Kier molecular flexibility index (Phi) is 4.05. The van der Waals surface area contributed by atoms with Gasteiger partial charge in [0, 0.05) is 29.2 Å². The molecule has 0 radical (unpaired) electrons. The molecule has 4 nitrogen and oxygen atoms in total. The van der Waals surface area contributed by atoms with Crippen LogP contribution in [0.1, 0.15) is 46.5 Å². The van der Waals surface area contributed by atoms with E-state index in [-0.39, 0.29) is 11.5 Å². The van der Waals surface area contributed by atoms with Crippen LogP contribution in [0.25, 0.3) is 0 Å². The summed E-state index contributed by atoms with van der Waals surface area (Å²) < 4.78 is 5.99. The van der Waals surface area contributed by atoms with E-state index in [1.807, 2.05) is 0 Å². The largest absolute Gasteiger partial charge is 0.449 e. The minimum Gasteiger partial charge on any atom is -0.449 e. The molecule has 3 heterocycles. The molecule has 0 aromatic rings. The van der Waals surface area contributed by atoms with Crippen molar-refractivity contribution in [1.82, 2.24) is 9.80 Å². The first-order valence-corrected chi connectivity index (χ1v) is 9.69. The van der Waals surface area contributed by atoms with Crippen molar-refractivity contribution in [3.05, 3.63) is 23.3 Å². The van der Waals surface area contributed by atoms with Crippen molar-refractivity contribution in [1.29, 1.82) is 0 Å². The van der Waals surface area contributed by atoms with Gasteiger partial charge in [-0.1, -0.05) is 32.1 Å². The van der Waals surface area contributed by atoms with Gasteiger partial charge in [-0.05, 0) is 45.5 Å². The molecule has 25 heavy (non-hydrogen) atoms. The molecule has 4 rings (SSSR count). The van der Waals surface area contributed by atoms with Crippen molar-refractivity contribution in [2.45, 2.75) is 63.6 Å². The van der Waals surface area contributed by atoms with Crippen LogP contribution in [-0.4, -0.2) is 59.1 Å². The molecule has 0 aromatic heterocycles. The highest BCUT2D eigenvalue weighted by atomic mass is 16.6. The van der Waals surface area contributed by atoms with Crippen LogP contribution in [0, 0.1) is 11.8 Å². The minimum atomic E-state index is -0.458. The van der Waals surface area contributed by atoms with Gasteiger partial charge in [-0.25, -0.2) is 4.79 Å². The fourth-order valence-corrected chi connectivity index (χ4v) is 5.29. The molecule has 0 amide bonds. The normalized spacial score (nSPS) is 36.2. The van der Waals surface area contributed by atoms with Gasteiger partial charge in [0.2, 0.25) is 0 Å². The molecule has 0 aromatic carbocycles. The Labute approximate surface area is 150 Å². The van der Waals surface area contributed by atoms with E-state index in [2.05, 4.69) is 48.5 Å². The first-order chi connectivity index (χ1) is 12.0. The summed E-state index contributed by atoms with van der Waals surface area (Å²) in [6, 6.07) is 0.308. The standard InChI is InChI=1S/C21H28N2O2/c1-4-22(5-2)11-8-9-16-14-20(3)15-21(17(16)13-19(24)25-21)18-10-6-7-12-23(18)20/h13-14,18H,4-7,10-12,15H2,1-3H3/t18-,20-,21+/m1/s1. The van der Waals surface area contributed by atoms with Crippen LogP contribution in [0.3, 0.4) is 0 Å². The molecule has 1 spiro atoms. The smallest absolute Gasteiger partial charge is 0.332 e. The van der Waals surface area contributed by atoms with Gasteiger partial charge in [0.1, 0.15) is 0 Å². The molecule has 4 aliphatic rings. The maximum atomic E-state index is 12.2. The summed E-state index contributed by atoms with van der Waals surface area (Å²) in [5.74, 6) is 6.52. The summed E-state index contributed by atoms with van der Waals surface area (Å²) in [4.78, 5) is 17.1. The minimum absolute atomic E-state index is 0.0493. The maximum Gasteiger partial charge on any atom is 0.332 e. The van der Waals surface area contributed by atoms with Crippen LogP contribution < -0.4 is 0 Å². The lowest BCUT2D eigenvalue weighted by Gasteiger charge is -2.39. The second kappa shape index (κ2) is 6.00. The lowest BCUT2D eigenvalue weighted by atomic mass is 9.73. The highest BCUT2D eigenvalue weighted by molar-refractivity contribution is 5.90. The molecular weight excluding hydrogens is 312 g/mol. The van der Waals surface area contributed by atoms with Crippen molar-refractivity contribution < 1.29 is 9.53 Å². The third kappa shape index (κ3) is 2.48. The van der Waals surface area contributed by atoms with E-state index in [0.717, 1.165) is 50.2 Å². The number of hydrogen-bond donors (Lipinski definition) is 0. The zero-order valence-electron chi connectivity index (χ0n) is 15.6. The summed E-state index contributed by atoms with van der Waals surface area (Å²) in [5.41, 5.74) is 1.55. The molecule has 2 fully saturated rings. The van der Waals surface area contributed by atoms with E-state index in [1.165, 1.54) is 12.8 Å². The van der Waals surface area contributed by atoms with Gasteiger partial charge in [-0.2, -0.15) is 0 Å². The fourth-order valence-electron chi connectivity index (χ4n) is 5.29. The maximum absolute atomic E-state index is 12.2. The van der Waals surface area contributed by atoms with Crippen molar-refractivity contribution >= 4 is 5.97 Å². The Morgan fingerprint density at radius 1 is 1.36 bits per heavy atom. The summed E-state index contributed by atoms with van der Waals surface area (Å²) in [5, 5.41) is 0. The van der Waals surface area contributed by atoms with Gasteiger partial charge >= 0.3 is 5.97 Å². The highest BCUT2D eigenvalue weighted by Gasteiger charge is 2.65. The Morgan fingerprint density at radius 2 is 2.16 bits per heavy atom. The van der Waals surface area contributed by atoms with E-state index >= 15 is 0 Å². The van der Waals surface area contributed by atoms with Gasteiger partial charge in [0.15, 0.2) is 5.60 Å². The first-order valence-electron chi connectivity index (χ1n) is 9.69. The van der Waals surface area contributed by atoms with Crippen LogP contribution in [0.2, 0.25) is 0 Å². The van der Waals surface area contributed by atoms with Gasteiger partial charge in [-0.15, -0.1) is 0 Å². The van der Waals surface area contributed by atoms with Crippen LogP contribution >= 0.6 is 0 Å². The van der Waals surface area contributed by atoms with E-state index < -0.39 is 5.60 Å². The zero-order chi connectivity index (χ0) is 17.7. The Morgan fingerprint density at radius 3 is 2.92 bits per heavy atom. The van der Waals surface area contributed by atoms with Crippen molar-refractivity contribution in [2.75, 3.05) is 26.2 Å². The predicted molar refractivity (Wildman–Crippen MR) is 97.9 cm³/mol. The number of carbonyl (C=O) groups is 1. The number of piperidine rings is 1. The second-order valence-electron chi connectivity index (χ2n) is 7.93. The molecule has 0 N–H and O–H groups in total. The highest BCUT2D eigenvalue weighted by Crippen LogP contribution is 2.57. The number of rotatable bonds is 3. The Bertz CT molecular complexity index is 709. The molecule has 2 bridgehead atoms. The van der Waals surface area contributed by atoms with E-state index in [9.17, 15) is 4.79 Å². The molecule has 3 aliphatic heterocycles. The average molecular weight is 340 g/mol. The number of hydrogen-bond acceptors (Lipinski definition) is 4.